The molecule has 1 amide bonds. The minimum atomic E-state index is -0.0739. The number of nitrogens with one attached hydrogen (secondary N) is 1. The number of benzene rings is 1. The minimum absolute atomic E-state index is 0.0739. The van der Waals surface area contributed by atoms with Gasteiger partial charge >= 0.3 is 0 Å². The van der Waals surface area contributed by atoms with E-state index in [1.54, 1.807) is 12.4 Å². The fourth-order valence-corrected chi connectivity index (χ4v) is 1.94. The second-order valence-electron chi connectivity index (χ2n) is 4.88. The summed E-state index contributed by atoms with van der Waals surface area (Å²) >= 11 is 0. The van der Waals surface area contributed by atoms with Gasteiger partial charge in [-0.15, -0.1) is 5.10 Å². The van der Waals surface area contributed by atoms with Crippen molar-refractivity contribution in [3.8, 4) is 0 Å². The lowest BCUT2D eigenvalue weighted by molar-refractivity contribution is -0.122. The maximum Gasteiger partial charge on any atom is 0.242 e. The summed E-state index contributed by atoms with van der Waals surface area (Å²) in [5.74, 6) is -0.0739. The molecule has 20 heavy (non-hydrogen) atoms. The van der Waals surface area contributed by atoms with Crippen molar-refractivity contribution in [2.75, 3.05) is 14.1 Å². The summed E-state index contributed by atoms with van der Waals surface area (Å²) in [6.45, 7) is 1.57. The first-order valence-electron chi connectivity index (χ1n) is 6.47. The topological polar surface area (TPSA) is 63.1 Å². The monoisotopic (exact) mass is 273 g/mol. The molecule has 1 aromatic carbocycles. The van der Waals surface area contributed by atoms with Crippen molar-refractivity contribution < 1.29 is 4.79 Å². The number of hydrogen-bond acceptors (Lipinski definition) is 4. The van der Waals surface area contributed by atoms with Gasteiger partial charge in [0.15, 0.2) is 0 Å². The molecule has 0 aliphatic heterocycles. The predicted octanol–water partition coefficient (Wildman–Crippen LogP) is 0.656. The van der Waals surface area contributed by atoms with E-state index < -0.39 is 0 Å². The van der Waals surface area contributed by atoms with Crippen LogP contribution in [0.5, 0.6) is 0 Å². The molecule has 0 fully saturated rings. The summed E-state index contributed by atoms with van der Waals surface area (Å²) < 4.78 is 1.50. The predicted molar refractivity (Wildman–Crippen MR) is 75.7 cm³/mol. The van der Waals surface area contributed by atoms with Crippen molar-refractivity contribution in [3.05, 3.63) is 47.8 Å². The van der Waals surface area contributed by atoms with Gasteiger partial charge in [0.05, 0.1) is 6.20 Å². The Balaban J connectivity index is 1.91. The highest BCUT2D eigenvalue weighted by Gasteiger charge is 2.06. The van der Waals surface area contributed by atoms with E-state index in [0.717, 1.165) is 12.1 Å². The first-order chi connectivity index (χ1) is 9.65. The third-order valence-corrected chi connectivity index (χ3v) is 2.86. The molecule has 0 atom stereocenters. The quantitative estimate of drug-likeness (QED) is 0.839. The van der Waals surface area contributed by atoms with Crippen LogP contribution in [-0.2, 0) is 24.4 Å². The number of carbonyl (C=O) groups excluding carboxylic acids is 1. The molecule has 0 unspecified atom stereocenters. The van der Waals surface area contributed by atoms with Crippen molar-refractivity contribution in [1.29, 1.82) is 0 Å². The Morgan fingerprint density at radius 1 is 1.30 bits per heavy atom. The first-order valence-corrected chi connectivity index (χ1v) is 6.47. The highest BCUT2D eigenvalue weighted by Crippen LogP contribution is 2.10. The van der Waals surface area contributed by atoms with E-state index in [-0.39, 0.29) is 12.5 Å². The zero-order chi connectivity index (χ0) is 14.4. The largest absolute Gasteiger partial charge is 0.350 e. The lowest BCUT2D eigenvalue weighted by Gasteiger charge is -2.14. The van der Waals surface area contributed by atoms with E-state index in [9.17, 15) is 4.79 Å². The molecule has 106 valence electrons. The molecule has 1 N–H and O–H groups in total. The standard InChI is InChI=1S/C14H19N5O/c1-18(2)10-13-6-4-3-5-12(13)9-15-14(20)11-19-8-7-16-17-19/h3-8H,9-11H2,1-2H3,(H,15,20). The maximum atomic E-state index is 11.8. The lowest BCUT2D eigenvalue weighted by atomic mass is 10.1. The molecule has 2 aromatic rings. The van der Waals surface area contributed by atoms with Crippen LogP contribution in [0.15, 0.2) is 36.7 Å². The number of amides is 1. The maximum absolute atomic E-state index is 11.8. The van der Waals surface area contributed by atoms with Crippen LogP contribution in [0, 0.1) is 0 Å². The summed E-state index contributed by atoms with van der Waals surface area (Å²) in [4.78, 5) is 13.9. The number of nitrogens with zero attached hydrogens (tertiary/aromatic N) is 4. The third kappa shape index (κ3) is 4.17. The Bertz CT molecular complexity index is 550. The van der Waals surface area contributed by atoms with Crippen molar-refractivity contribution in [1.82, 2.24) is 25.2 Å². The van der Waals surface area contributed by atoms with Gasteiger partial charge in [0, 0.05) is 19.3 Å². The number of hydrogen-bond donors (Lipinski definition) is 1. The average Bonchev–Trinajstić information content (AvgIpc) is 2.90. The van der Waals surface area contributed by atoms with Gasteiger partial charge in [0.25, 0.3) is 0 Å². The summed E-state index contributed by atoms with van der Waals surface area (Å²) in [5, 5.41) is 10.3. The third-order valence-electron chi connectivity index (χ3n) is 2.86. The van der Waals surface area contributed by atoms with Crippen molar-refractivity contribution in [3.63, 3.8) is 0 Å². The summed E-state index contributed by atoms with van der Waals surface area (Å²) in [7, 11) is 4.06. The normalized spacial score (nSPS) is 10.8. The van der Waals surface area contributed by atoms with Gasteiger partial charge < -0.3 is 10.2 Å². The number of carbonyl (C=O) groups is 1. The molecule has 0 spiro atoms. The highest BCUT2D eigenvalue weighted by atomic mass is 16.2. The van der Waals surface area contributed by atoms with Crippen LogP contribution in [0.3, 0.4) is 0 Å². The SMILES string of the molecule is CN(C)Cc1ccccc1CNC(=O)Cn1ccnn1. The van der Waals surface area contributed by atoms with E-state index >= 15 is 0 Å². The van der Waals surface area contributed by atoms with Crippen molar-refractivity contribution >= 4 is 5.91 Å². The van der Waals surface area contributed by atoms with Gasteiger partial charge in [0.1, 0.15) is 6.54 Å². The van der Waals surface area contributed by atoms with Crippen LogP contribution in [0.4, 0.5) is 0 Å². The number of aromatic nitrogens is 3. The summed E-state index contributed by atoms with van der Waals surface area (Å²) in [5.41, 5.74) is 2.35. The molecule has 0 aliphatic carbocycles. The minimum Gasteiger partial charge on any atom is -0.350 e. The van der Waals surface area contributed by atoms with Crippen LogP contribution >= 0.6 is 0 Å². The van der Waals surface area contributed by atoms with Crippen molar-refractivity contribution in [2.24, 2.45) is 0 Å². The summed E-state index contributed by atoms with van der Waals surface area (Å²) in [6.07, 6.45) is 3.22. The molecule has 2 rings (SSSR count). The van der Waals surface area contributed by atoms with E-state index in [1.807, 2.05) is 32.3 Å². The number of rotatable bonds is 6. The molecule has 1 heterocycles. The smallest absolute Gasteiger partial charge is 0.242 e. The van der Waals surface area contributed by atoms with Gasteiger partial charge in [-0.25, -0.2) is 4.68 Å². The molecule has 0 bridgehead atoms. The molecule has 1 aromatic heterocycles. The lowest BCUT2D eigenvalue weighted by Crippen LogP contribution is -2.28. The van der Waals surface area contributed by atoms with Crippen LogP contribution in [0.25, 0.3) is 0 Å². The van der Waals surface area contributed by atoms with Crippen LogP contribution in [0.1, 0.15) is 11.1 Å². The second-order valence-corrected chi connectivity index (χ2v) is 4.88. The van der Waals surface area contributed by atoms with E-state index in [2.05, 4.69) is 26.6 Å². The molecule has 0 saturated carbocycles. The molecular formula is C14H19N5O. The Kier molecular flexibility index (Phi) is 4.84. The Hall–Kier alpha value is -2.21. The molecule has 6 heteroatoms. The Morgan fingerprint density at radius 3 is 2.70 bits per heavy atom. The van der Waals surface area contributed by atoms with Gasteiger partial charge in [-0.05, 0) is 25.2 Å². The fraction of sp³-hybridized carbons (Fsp3) is 0.357. The zero-order valence-electron chi connectivity index (χ0n) is 11.8. The van der Waals surface area contributed by atoms with E-state index in [1.165, 1.54) is 10.2 Å². The fourth-order valence-electron chi connectivity index (χ4n) is 1.94. The van der Waals surface area contributed by atoms with E-state index in [0.29, 0.717) is 6.54 Å². The van der Waals surface area contributed by atoms with Crippen LogP contribution in [-0.4, -0.2) is 39.9 Å². The van der Waals surface area contributed by atoms with Gasteiger partial charge in [0.2, 0.25) is 5.91 Å². The first kappa shape index (κ1) is 14.2. The van der Waals surface area contributed by atoms with Crippen LogP contribution < -0.4 is 5.32 Å². The van der Waals surface area contributed by atoms with E-state index in [4.69, 9.17) is 0 Å². The highest BCUT2D eigenvalue weighted by molar-refractivity contribution is 5.75. The zero-order valence-corrected chi connectivity index (χ0v) is 11.8. The molecule has 6 nitrogen and oxygen atoms in total. The van der Waals surface area contributed by atoms with Gasteiger partial charge in [-0.2, -0.15) is 0 Å². The molecule has 0 aliphatic rings. The Morgan fingerprint density at radius 2 is 2.05 bits per heavy atom. The Labute approximate surface area is 118 Å². The van der Waals surface area contributed by atoms with Crippen LogP contribution in [0.2, 0.25) is 0 Å². The second kappa shape index (κ2) is 6.81. The molecule has 0 saturated heterocycles. The molecule has 0 radical (unpaired) electrons. The van der Waals surface area contributed by atoms with Crippen molar-refractivity contribution in [2.45, 2.75) is 19.6 Å². The van der Waals surface area contributed by atoms with Gasteiger partial charge in [-0.3, -0.25) is 4.79 Å². The molecular weight excluding hydrogens is 254 g/mol. The average molecular weight is 273 g/mol. The van der Waals surface area contributed by atoms with Gasteiger partial charge in [-0.1, -0.05) is 29.5 Å². The summed E-state index contributed by atoms with van der Waals surface area (Å²) in [6, 6.07) is 8.12.